The molecular weight excluding hydrogens is 644 g/mol. The van der Waals surface area contributed by atoms with Gasteiger partial charge in [0.05, 0.1) is 22.7 Å². The van der Waals surface area contributed by atoms with Gasteiger partial charge in [0.1, 0.15) is 6.61 Å². The Morgan fingerprint density at radius 2 is 1.94 bits per heavy atom. The monoisotopic (exact) mass is 657 g/mol. The predicted octanol–water partition coefficient (Wildman–Crippen LogP) is 7.29. The molecule has 0 bridgehead atoms. The lowest BCUT2D eigenvalue weighted by Gasteiger charge is -2.13. The maximum Gasteiger partial charge on any atom is 0.363 e. The van der Waals surface area contributed by atoms with Crippen LogP contribution in [0.2, 0.25) is 10.0 Å². The normalized spacial score (nSPS) is 14.3. The van der Waals surface area contributed by atoms with Crippen molar-refractivity contribution in [3.05, 3.63) is 95.1 Å². The van der Waals surface area contributed by atoms with E-state index in [4.69, 9.17) is 37.4 Å². The SMILES string of the molecule is COc1cc(/C=C2/N=C(c3cc(I)ccc3Cl)OC2=O)cc(Cl)c1OCc1cccc(Br)c1. The maximum atomic E-state index is 12.4. The van der Waals surface area contributed by atoms with Crippen LogP contribution in [0.25, 0.3) is 6.08 Å². The van der Waals surface area contributed by atoms with Gasteiger partial charge in [0.15, 0.2) is 17.2 Å². The summed E-state index contributed by atoms with van der Waals surface area (Å²) in [6, 6.07) is 16.6. The highest BCUT2D eigenvalue weighted by Crippen LogP contribution is 2.38. The molecule has 0 N–H and O–H groups in total. The molecule has 1 heterocycles. The summed E-state index contributed by atoms with van der Waals surface area (Å²) in [5.41, 5.74) is 2.25. The van der Waals surface area contributed by atoms with Gasteiger partial charge in [0.2, 0.25) is 5.90 Å². The number of esters is 1. The van der Waals surface area contributed by atoms with Crippen molar-refractivity contribution in [2.24, 2.45) is 4.99 Å². The number of halogens is 4. The zero-order chi connectivity index (χ0) is 23.5. The second kappa shape index (κ2) is 10.5. The number of rotatable bonds is 6. The van der Waals surface area contributed by atoms with Crippen molar-refractivity contribution in [1.82, 2.24) is 0 Å². The fourth-order valence-corrected chi connectivity index (χ4v) is 4.50. The summed E-state index contributed by atoms with van der Waals surface area (Å²) in [7, 11) is 1.52. The Hall–Kier alpha value is -2.07. The first kappa shape index (κ1) is 24.1. The molecule has 0 aromatic heterocycles. The van der Waals surface area contributed by atoms with Crippen molar-refractivity contribution in [3.8, 4) is 11.5 Å². The first-order valence-electron chi connectivity index (χ1n) is 9.57. The number of aliphatic imine (C=N–C) groups is 1. The number of ether oxygens (including phenoxy) is 3. The fraction of sp³-hybridized carbons (Fsp3) is 0.0833. The molecule has 1 aliphatic heterocycles. The van der Waals surface area contributed by atoms with Crippen LogP contribution in [-0.4, -0.2) is 19.0 Å². The number of benzene rings is 3. The molecule has 0 saturated carbocycles. The van der Waals surface area contributed by atoms with Gasteiger partial charge in [-0.15, -0.1) is 0 Å². The van der Waals surface area contributed by atoms with Crippen molar-refractivity contribution in [2.45, 2.75) is 6.61 Å². The van der Waals surface area contributed by atoms with E-state index in [0.29, 0.717) is 39.3 Å². The van der Waals surface area contributed by atoms with Crippen molar-refractivity contribution in [1.29, 1.82) is 0 Å². The highest BCUT2D eigenvalue weighted by atomic mass is 127. The van der Waals surface area contributed by atoms with Gasteiger partial charge in [-0.3, -0.25) is 0 Å². The summed E-state index contributed by atoms with van der Waals surface area (Å²) >= 11 is 18.3. The van der Waals surface area contributed by atoms with E-state index < -0.39 is 5.97 Å². The highest BCUT2D eigenvalue weighted by molar-refractivity contribution is 14.1. The van der Waals surface area contributed by atoms with Crippen LogP contribution in [0.4, 0.5) is 0 Å². The molecule has 168 valence electrons. The average Bonchev–Trinajstić information content (AvgIpc) is 3.14. The summed E-state index contributed by atoms with van der Waals surface area (Å²) < 4.78 is 18.6. The number of carbonyl (C=O) groups excluding carboxylic acids is 1. The molecule has 0 amide bonds. The van der Waals surface area contributed by atoms with Crippen LogP contribution in [0.3, 0.4) is 0 Å². The molecule has 0 aliphatic carbocycles. The molecule has 33 heavy (non-hydrogen) atoms. The van der Waals surface area contributed by atoms with E-state index in [0.717, 1.165) is 13.6 Å². The first-order chi connectivity index (χ1) is 15.8. The summed E-state index contributed by atoms with van der Waals surface area (Å²) in [4.78, 5) is 16.7. The highest BCUT2D eigenvalue weighted by Gasteiger charge is 2.26. The minimum atomic E-state index is -0.579. The van der Waals surface area contributed by atoms with Crippen LogP contribution < -0.4 is 9.47 Å². The lowest BCUT2D eigenvalue weighted by molar-refractivity contribution is -0.129. The van der Waals surface area contributed by atoms with Crippen molar-refractivity contribution in [3.63, 3.8) is 0 Å². The number of cyclic esters (lactones) is 1. The first-order valence-corrected chi connectivity index (χ1v) is 12.2. The largest absolute Gasteiger partial charge is 0.493 e. The van der Waals surface area contributed by atoms with Gasteiger partial charge in [-0.2, -0.15) is 0 Å². The molecule has 0 fully saturated rings. The van der Waals surface area contributed by atoms with Crippen LogP contribution in [0, 0.1) is 3.57 Å². The van der Waals surface area contributed by atoms with E-state index in [1.54, 1.807) is 30.3 Å². The van der Waals surface area contributed by atoms with Crippen molar-refractivity contribution < 1.29 is 19.0 Å². The lowest BCUT2D eigenvalue weighted by Crippen LogP contribution is -2.06. The van der Waals surface area contributed by atoms with Gasteiger partial charge in [0, 0.05) is 8.04 Å². The predicted molar refractivity (Wildman–Crippen MR) is 141 cm³/mol. The Kier molecular flexibility index (Phi) is 7.63. The quantitative estimate of drug-likeness (QED) is 0.159. The van der Waals surface area contributed by atoms with E-state index in [9.17, 15) is 4.79 Å². The number of methoxy groups -OCH3 is 1. The zero-order valence-electron chi connectivity index (χ0n) is 17.1. The summed E-state index contributed by atoms with van der Waals surface area (Å²) in [6.45, 7) is 0.312. The Morgan fingerprint density at radius 3 is 2.70 bits per heavy atom. The van der Waals surface area contributed by atoms with Crippen LogP contribution in [-0.2, 0) is 16.1 Å². The molecule has 9 heteroatoms. The van der Waals surface area contributed by atoms with Crippen molar-refractivity contribution in [2.75, 3.05) is 7.11 Å². The van der Waals surface area contributed by atoms with Crippen LogP contribution in [0.5, 0.6) is 11.5 Å². The summed E-state index contributed by atoms with van der Waals surface area (Å²) in [5.74, 6) is 0.414. The van der Waals surface area contributed by atoms with E-state index in [2.05, 4.69) is 43.5 Å². The Bertz CT molecular complexity index is 1310. The number of nitrogens with zero attached hydrogens (tertiary/aromatic N) is 1. The third kappa shape index (κ3) is 5.71. The zero-order valence-corrected chi connectivity index (χ0v) is 22.3. The van der Waals surface area contributed by atoms with Gasteiger partial charge in [0.25, 0.3) is 0 Å². The van der Waals surface area contributed by atoms with Crippen LogP contribution in [0.15, 0.2) is 69.8 Å². The van der Waals surface area contributed by atoms with Crippen molar-refractivity contribution >= 4 is 79.7 Å². The summed E-state index contributed by atoms with van der Waals surface area (Å²) in [6.07, 6.45) is 1.57. The molecule has 0 radical (unpaired) electrons. The molecule has 0 atom stereocenters. The molecular formula is C24H15BrCl2INO4. The molecule has 3 aromatic rings. The van der Waals surface area contributed by atoms with Gasteiger partial charge in [-0.1, -0.05) is 51.3 Å². The molecule has 4 rings (SSSR count). The van der Waals surface area contributed by atoms with E-state index in [-0.39, 0.29) is 11.6 Å². The second-order valence-electron chi connectivity index (χ2n) is 6.91. The third-order valence-corrected chi connectivity index (χ3v) is 6.38. The molecule has 3 aromatic carbocycles. The average molecular weight is 659 g/mol. The second-order valence-corrected chi connectivity index (χ2v) is 9.89. The van der Waals surface area contributed by atoms with E-state index >= 15 is 0 Å². The van der Waals surface area contributed by atoms with Gasteiger partial charge < -0.3 is 14.2 Å². The maximum absolute atomic E-state index is 12.4. The van der Waals surface area contributed by atoms with E-state index in [1.807, 2.05) is 30.3 Å². The number of hydrogen-bond donors (Lipinski definition) is 0. The van der Waals surface area contributed by atoms with Gasteiger partial charge in [-0.25, -0.2) is 9.79 Å². The van der Waals surface area contributed by atoms with Crippen LogP contribution in [0.1, 0.15) is 16.7 Å². The molecule has 0 saturated heterocycles. The van der Waals surface area contributed by atoms with Gasteiger partial charge in [-0.05, 0) is 82.3 Å². The third-order valence-electron chi connectivity index (χ3n) is 4.61. The number of carbonyl (C=O) groups is 1. The van der Waals surface area contributed by atoms with Gasteiger partial charge >= 0.3 is 5.97 Å². The number of hydrogen-bond acceptors (Lipinski definition) is 5. The standard InChI is InChI=1S/C24H15BrCl2INO4/c1-31-21-10-14(8-19(27)22(21)32-12-13-3-2-4-15(25)7-13)9-20-24(30)33-23(29-20)17-11-16(28)5-6-18(17)26/h2-11H,12H2,1H3/b20-9+. The van der Waals surface area contributed by atoms with E-state index in [1.165, 1.54) is 7.11 Å². The Morgan fingerprint density at radius 1 is 1.12 bits per heavy atom. The summed E-state index contributed by atoms with van der Waals surface area (Å²) in [5, 5.41) is 0.785. The lowest BCUT2D eigenvalue weighted by atomic mass is 10.1. The molecule has 0 spiro atoms. The minimum absolute atomic E-state index is 0.126. The minimum Gasteiger partial charge on any atom is -0.493 e. The Balaban J connectivity index is 1.61. The molecule has 1 aliphatic rings. The smallest absolute Gasteiger partial charge is 0.363 e. The molecule has 0 unspecified atom stereocenters. The van der Waals surface area contributed by atoms with Crippen LogP contribution >= 0.6 is 61.7 Å². The Labute approximate surface area is 222 Å². The fourth-order valence-electron chi connectivity index (χ4n) is 3.09. The topological polar surface area (TPSA) is 57.1 Å². The molecule has 5 nitrogen and oxygen atoms in total.